The van der Waals surface area contributed by atoms with Gasteiger partial charge in [-0.15, -0.1) is 0 Å². The third-order valence-electron chi connectivity index (χ3n) is 6.58. The van der Waals surface area contributed by atoms with Gasteiger partial charge in [0.2, 0.25) is 5.76 Å². The van der Waals surface area contributed by atoms with Gasteiger partial charge in [-0.25, -0.2) is 4.79 Å². The van der Waals surface area contributed by atoms with Crippen LogP contribution in [0.15, 0.2) is 40.8 Å². The molecule has 10 nitrogen and oxygen atoms in total. The van der Waals surface area contributed by atoms with Crippen molar-refractivity contribution in [2.24, 2.45) is 0 Å². The van der Waals surface area contributed by atoms with E-state index in [1.54, 1.807) is 6.07 Å². The molecule has 1 saturated heterocycles. The highest BCUT2D eigenvalue weighted by molar-refractivity contribution is 5.89. The third-order valence-corrected chi connectivity index (χ3v) is 6.58. The van der Waals surface area contributed by atoms with Crippen LogP contribution in [0.3, 0.4) is 0 Å². The molecular formula is C24H29N3O7. The first-order chi connectivity index (χ1) is 16.5. The number of rotatable bonds is 8. The van der Waals surface area contributed by atoms with Crippen molar-refractivity contribution in [2.45, 2.75) is 37.6 Å². The van der Waals surface area contributed by atoms with Crippen molar-refractivity contribution in [1.82, 2.24) is 10.2 Å². The quantitative estimate of drug-likeness (QED) is 0.354. The number of benzene rings is 1. The molecule has 0 unspecified atom stereocenters. The molecule has 10 heteroatoms. The lowest BCUT2D eigenvalue weighted by molar-refractivity contribution is -0.384. The third kappa shape index (κ3) is 5.63. The van der Waals surface area contributed by atoms with Gasteiger partial charge < -0.3 is 19.2 Å². The van der Waals surface area contributed by atoms with Gasteiger partial charge in [0.1, 0.15) is 5.76 Å². The number of carbonyl (C=O) groups is 2. The number of hydrogen-bond donors (Lipinski definition) is 1. The number of nitrogens with one attached hydrogen (secondary N) is 1. The normalized spacial score (nSPS) is 18.2. The second-order valence-corrected chi connectivity index (χ2v) is 8.71. The number of ether oxygens (including phenoxy) is 2. The summed E-state index contributed by atoms with van der Waals surface area (Å²) in [7, 11) is 0. The van der Waals surface area contributed by atoms with E-state index in [4.69, 9.17) is 13.9 Å². The summed E-state index contributed by atoms with van der Waals surface area (Å²) in [5.74, 6) is -0.771. The van der Waals surface area contributed by atoms with E-state index in [0.717, 1.165) is 38.8 Å². The predicted octanol–water partition coefficient (Wildman–Crippen LogP) is 3.16. The van der Waals surface area contributed by atoms with Crippen molar-refractivity contribution < 1.29 is 28.4 Å². The zero-order chi connectivity index (χ0) is 24.0. The van der Waals surface area contributed by atoms with Crippen LogP contribution < -0.4 is 5.32 Å². The highest BCUT2D eigenvalue weighted by Gasteiger charge is 2.38. The standard InChI is InChI=1S/C24H29N3O7/c28-22(25-17-24(10-2-1-3-11-24)26-12-14-32-15-13-26)16-33-23(29)21-9-8-20(34-21)18-4-6-19(7-5-18)27(30)31/h4-9H,1-3,10-17H2,(H,25,28). The Kier molecular flexibility index (Phi) is 7.59. The van der Waals surface area contributed by atoms with Gasteiger partial charge in [-0.05, 0) is 37.1 Å². The maximum atomic E-state index is 12.4. The van der Waals surface area contributed by atoms with Gasteiger partial charge in [-0.2, -0.15) is 0 Å². The van der Waals surface area contributed by atoms with Crippen LogP contribution in [-0.2, 0) is 14.3 Å². The molecule has 0 spiro atoms. The van der Waals surface area contributed by atoms with Crippen LogP contribution in [0.1, 0.15) is 42.7 Å². The van der Waals surface area contributed by atoms with Gasteiger partial charge in [-0.1, -0.05) is 19.3 Å². The van der Waals surface area contributed by atoms with Gasteiger partial charge in [-0.3, -0.25) is 19.8 Å². The van der Waals surface area contributed by atoms with E-state index in [-0.39, 0.29) is 22.9 Å². The lowest BCUT2D eigenvalue weighted by Gasteiger charge is -2.48. The number of morpholine rings is 1. The minimum Gasteiger partial charge on any atom is -0.450 e. The fourth-order valence-electron chi connectivity index (χ4n) is 4.72. The summed E-state index contributed by atoms with van der Waals surface area (Å²) >= 11 is 0. The fraction of sp³-hybridized carbons (Fsp3) is 0.500. The van der Waals surface area contributed by atoms with E-state index < -0.39 is 17.5 Å². The van der Waals surface area contributed by atoms with Gasteiger partial charge in [0.15, 0.2) is 6.61 Å². The molecule has 2 fully saturated rings. The van der Waals surface area contributed by atoms with Gasteiger partial charge >= 0.3 is 5.97 Å². The second-order valence-electron chi connectivity index (χ2n) is 8.71. The average Bonchev–Trinajstić information content (AvgIpc) is 3.38. The molecule has 182 valence electrons. The summed E-state index contributed by atoms with van der Waals surface area (Å²) in [5, 5.41) is 13.7. The SMILES string of the molecule is O=C(COC(=O)c1ccc(-c2ccc([N+](=O)[O-])cc2)o1)NCC1(N2CCOCC2)CCCCC1. The van der Waals surface area contributed by atoms with Crippen molar-refractivity contribution >= 4 is 17.6 Å². The predicted molar refractivity (Wildman–Crippen MR) is 122 cm³/mol. The number of furan rings is 1. The van der Waals surface area contributed by atoms with Crippen molar-refractivity contribution in [1.29, 1.82) is 0 Å². The van der Waals surface area contributed by atoms with E-state index in [0.29, 0.717) is 31.1 Å². The van der Waals surface area contributed by atoms with Crippen molar-refractivity contribution in [3.05, 3.63) is 52.3 Å². The molecule has 0 bridgehead atoms. The summed E-state index contributed by atoms with van der Waals surface area (Å²) in [5.41, 5.74) is 0.482. The number of hydrogen-bond acceptors (Lipinski definition) is 8. The Morgan fingerprint density at radius 1 is 1.06 bits per heavy atom. The van der Waals surface area contributed by atoms with Gasteiger partial charge in [0, 0.05) is 42.9 Å². The second kappa shape index (κ2) is 10.8. The zero-order valence-electron chi connectivity index (χ0n) is 19.0. The van der Waals surface area contributed by atoms with Crippen LogP contribution in [0.2, 0.25) is 0 Å². The number of esters is 1. The first-order valence-electron chi connectivity index (χ1n) is 11.6. The fourth-order valence-corrected chi connectivity index (χ4v) is 4.72. The van der Waals surface area contributed by atoms with Gasteiger partial charge in [0.05, 0.1) is 18.1 Å². The average molecular weight is 472 g/mol. The number of nitro groups is 1. The van der Waals surface area contributed by atoms with Crippen LogP contribution in [0, 0.1) is 10.1 Å². The molecule has 2 aromatic rings. The lowest BCUT2D eigenvalue weighted by Crippen LogP contribution is -2.59. The smallest absolute Gasteiger partial charge is 0.374 e. The molecule has 1 saturated carbocycles. The lowest BCUT2D eigenvalue weighted by atomic mass is 9.79. The zero-order valence-corrected chi connectivity index (χ0v) is 19.0. The van der Waals surface area contributed by atoms with Crippen LogP contribution in [0.5, 0.6) is 0 Å². The van der Waals surface area contributed by atoms with E-state index in [2.05, 4.69) is 10.2 Å². The van der Waals surface area contributed by atoms with Crippen LogP contribution in [0.4, 0.5) is 5.69 Å². The largest absolute Gasteiger partial charge is 0.450 e. The van der Waals surface area contributed by atoms with E-state index in [9.17, 15) is 19.7 Å². The first-order valence-corrected chi connectivity index (χ1v) is 11.6. The Morgan fingerprint density at radius 2 is 1.76 bits per heavy atom. The molecule has 34 heavy (non-hydrogen) atoms. The summed E-state index contributed by atoms with van der Waals surface area (Å²) in [6.07, 6.45) is 5.55. The highest BCUT2D eigenvalue weighted by Crippen LogP contribution is 2.34. The van der Waals surface area contributed by atoms with Crippen LogP contribution >= 0.6 is 0 Å². The topological polar surface area (TPSA) is 124 Å². The van der Waals surface area contributed by atoms with Crippen molar-refractivity contribution in [3.8, 4) is 11.3 Å². The number of non-ortho nitro benzene ring substituents is 1. The van der Waals surface area contributed by atoms with Crippen molar-refractivity contribution in [3.63, 3.8) is 0 Å². The number of amides is 1. The molecule has 1 N–H and O–H groups in total. The molecule has 2 aliphatic rings. The Labute approximate surface area is 197 Å². The summed E-state index contributed by atoms with van der Waals surface area (Å²) < 4.78 is 16.2. The summed E-state index contributed by atoms with van der Waals surface area (Å²) in [4.78, 5) is 37.5. The molecule has 1 aliphatic carbocycles. The minimum atomic E-state index is -0.746. The maximum Gasteiger partial charge on any atom is 0.374 e. The minimum absolute atomic E-state index is 0.0374. The first kappa shape index (κ1) is 23.9. The number of nitrogens with zero attached hydrogens (tertiary/aromatic N) is 2. The summed E-state index contributed by atoms with van der Waals surface area (Å²) in [6, 6.07) is 8.82. The van der Waals surface area contributed by atoms with E-state index in [1.165, 1.54) is 36.8 Å². The molecule has 1 aromatic heterocycles. The Hall–Kier alpha value is -3.24. The molecule has 1 aromatic carbocycles. The maximum absolute atomic E-state index is 12.4. The number of carbonyl (C=O) groups excluding carboxylic acids is 2. The molecule has 2 heterocycles. The molecule has 0 atom stereocenters. The van der Waals surface area contributed by atoms with Crippen molar-refractivity contribution in [2.75, 3.05) is 39.5 Å². The monoisotopic (exact) mass is 471 g/mol. The Morgan fingerprint density at radius 3 is 2.44 bits per heavy atom. The Balaban J connectivity index is 1.29. The molecule has 1 aliphatic heterocycles. The Bertz CT molecular complexity index is 1010. The molecular weight excluding hydrogens is 442 g/mol. The summed E-state index contributed by atoms with van der Waals surface area (Å²) in [6.45, 7) is 3.26. The molecule has 1 amide bonds. The van der Waals surface area contributed by atoms with Crippen LogP contribution in [0.25, 0.3) is 11.3 Å². The van der Waals surface area contributed by atoms with Gasteiger partial charge in [0.25, 0.3) is 11.6 Å². The molecule has 0 radical (unpaired) electrons. The van der Waals surface area contributed by atoms with E-state index >= 15 is 0 Å². The highest BCUT2D eigenvalue weighted by atomic mass is 16.6. The van der Waals surface area contributed by atoms with Crippen LogP contribution in [-0.4, -0.2) is 66.7 Å². The van der Waals surface area contributed by atoms with E-state index in [1.807, 2.05) is 0 Å². The number of nitro benzene ring substituents is 1. The molecule has 4 rings (SSSR count).